The molecule has 0 atom stereocenters. The summed E-state index contributed by atoms with van der Waals surface area (Å²) in [5.74, 6) is 0. The number of aryl methyl sites for hydroxylation is 2. The number of benzene rings is 1. The molecule has 0 aliphatic rings. The van der Waals surface area contributed by atoms with Crippen LogP contribution >= 0.6 is 46.8 Å². The van der Waals surface area contributed by atoms with E-state index in [0.29, 0.717) is 21.6 Å². The Kier molecular flexibility index (Phi) is 6.13. The highest BCUT2D eigenvalue weighted by atomic mass is 35.6. The molecule has 0 radical (unpaired) electrons. The molecule has 5 nitrogen and oxygen atoms in total. The maximum atomic E-state index is 12.9. The molecule has 0 aliphatic heterocycles. The van der Waals surface area contributed by atoms with Crippen molar-refractivity contribution in [3.63, 3.8) is 0 Å². The monoisotopic (exact) mass is 445 g/mol. The van der Waals surface area contributed by atoms with Crippen molar-refractivity contribution in [2.75, 3.05) is 0 Å². The van der Waals surface area contributed by atoms with E-state index in [0.717, 1.165) is 16.7 Å². The molecule has 144 valence electrons. The second-order valence-electron chi connectivity index (χ2n) is 7.15. The number of hydrogen-bond acceptors (Lipinski definition) is 4. The van der Waals surface area contributed by atoms with E-state index in [1.165, 1.54) is 10.8 Å². The molecule has 1 heterocycles. The first kappa shape index (κ1) is 21.9. The van der Waals surface area contributed by atoms with Crippen LogP contribution in [0.4, 0.5) is 0 Å². The first-order valence-corrected chi connectivity index (χ1v) is 9.84. The maximum Gasteiger partial charge on any atom is 0.346 e. The fraction of sp³-hybridized carbons (Fsp3) is 0.389. The van der Waals surface area contributed by atoms with Crippen molar-refractivity contribution in [3.05, 3.63) is 61.4 Å². The molecule has 0 N–H and O–H groups in total. The molecule has 2 rings (SSSR count). The van der Waals surface area contributed by atoms with Crippen LogP contribution in [-0.2, 0) is 5.41 Å². The minimum Gasteiger partial charge on any atom is -0.267 e. The van der Waals surface area contributed by atoms with Gasteiger partial charge in [0, 0.05) is 18.1 Å². The summed E-state index contributed by atoms with van der Waals surface area (Å²) in [5.41, 5.74) is 1.53. The average Bonchev–Trinajstić information content (AvgIpc) is 2.51. The molecule has 9 heteroatoms. The normalized spacial score (nSPS) is 12.1. The third-order valence-corrected chi connectivity index (χ3v) is 5.30. The number of rotatable bonds is 2. The van der Waals surface area contributed by atoms with E-state index in [1.807, 2.05) is 26.0 Å². The second-order valence-corrected chi connectivity index (χ2v) is 11.3. The predicted molar refractivity (Wildman–Crippen MR) is 112 cm³/mol. The fourth-order valence-electron chi connectivity index (χ4n) is 2.72. The lowest BCUT2D eigenvalue weighted by molar-refractivity contribution is 0.589. The van der Waals surface area contributed by atoms with Crippen molar-refractivity contribution in [3.8, 4) is 11.8 Å². The number of nitrogens with zero attached hydrogens (tertiary/aromatic N) is 3. The summed E-state index contributed by atoms with van der Waals surface area (Å²) >= 11 is 17.7. The molecule has 0 amide bonds. The van der Waals surface area contributed by atoms with Crippen molar-refractivity contribution in [2.24, 2.45) is 0 Å². The Morgan fingerprint density at radius 1 is 1.07 bits per heavy atom. The van der Waals surface area contributed by atoms with E-state index >= 15 is 0 Å². The van der Waals surface area contributed by atoms with E-state index in [4.69, 9.17) is 34.8 Å². The Balaban J connectivity index is 2.85. The Morgan fingerprint density at radius 3 is 2.00 bits per heavy atom. The van der Waals surface area contributed by atoms with Gasteiger partial charge in [0.05, 0.1) is 5.69 Å². The summed E-state index contributed by atoms with van der Waals surface area (Å²) in [6.07, 6.45) is 1.23. The second kappa shape index (κ2) is 7.56. The molecule has 1 aromatic heterocycles. The van der Waals surface area contributed by atoms with Gasteiger partial charge in [-0.05, 0) is 36.0 Å². The SMILES string of the molecule is Cc1cc(C(C)(C)C)cc(C)c1-n1cc(C#N)c(=O)n(SC(Cl)(Cl)Cl)c1=O. The minimum absolute atomic E-state index is 0.0685. The fourth-order valence-corrected chi connectivity index (χ4v) is 3.90. The lowest BCUT2D eigenvalue weighted by Crippen LogP contribution is -2.38. The van der Waals surface area contributed by atoms with Gasteiger partial charge in [0.2, 0.25) is 0 Å². The summed E-state index contributed by atoms with van der Waals surface area (Å²) in [6, 6.07) is 5.77. The third kappa shape index (κ3) is 4.72. The van der Waals surface area contributed by atoms with Crippen LogP contribution in [0.15, 0.2) is 27.9 Å². The topological polar surface area (TPSA) is 67.8 Å². The van der Waals surface area contributed by atoms with Gasteiger partial charge >= 0.3 is 5.69 Å². The predicted octanol–water partition coefficient (Wildman–Crippen LogP) is 4.61. The molecule has 0 saturated heterocycles. The number of nitriles is 1. The molecule has 0 spiro atoms. The Labute approximate surface area is 176 Å². The average molecular weight is 447 g/mol. The quantitative estimate of drug-likeness (QED) is 0.632. The highest BCUT2D eigenvalue weighted by Crippen LogP contribution is 2.38. The highest BCUT2D eigenvalue weighted by molar-refractivity contribution is 8.03. The Morgan fingerprint density at radius 2 is 1.59 bits per heavy atom. The van der Waals surface area contributed by atoms with Crippen LogP contribution in [0.1, 0.15) is 43.0 Å². The smallest absolute Gasteiger partial charge is 0.267 e. The van der Waals surface area contributed by atoms with Gasteiger partial charge in [-0.25, -0.2) is 4.79 Å². The van der Waals surface area contributed by atoms with Crippen LogP contribution < -0.4 is 11.2 Å². The standard InChI is InChI=1S/C18H18Cl3N3O2S/c1-10-6-13(17(3,4)5)7-11(2)14(10)23-9-12(8-22)15(25)24(16(23)26)27-18(19,20)21/h6-7,9H,1-5H3. The number of alkyl halides is 3. The molecule has 27 heavy (non-hydrogen) atoms. The van der Waals surface area contributed by atoms with Gasteiger partial charge < -0.3 is 0 Å². The van der Waals surface area contributed by atoms with Crippen LogP contribution in [0, 0.1) is 25.2 Å². The maximum absolute atomic E-state index is 12.9. The molecule has 1 aromatic carbocycles. The van der Waals surface area contributed by atoms with E-state index in [9.17, 15) is 14.9 Å². The number of halogens is 3. The van der Waals surface area contributed by atoms with Gasteiger partial charge in [0.1, 0.15) is 11.6 Å². The molecule has 0 fully saturated rings. The summed E-state index contributed by atoms with van der Waals surface area (Å²) in [4.78, 5) is 25.3. The van der Waals surface area contributed by atoms with Crippen LogP contribution in [0.5, 0.6) is 0 Å². The van der Waals surface area contributed by atoms with Crippen LogP contribution in [-0.4, -0.2) is 11.7 Å². The van der Waals surface area contributed by atoms with Gasteiger partial charge in [-0.3, -0.25) is 9.36 Å². The molecular formula is C18H18Cl3N3O2S. The number of hydrogen-bond donors (Lipinski definition) is 0. The van der Waals surface area contributed by atoms with Crippen molar-refractivity contribution >= 4 is 46.8 Å². The summed E-state index contributed by atoms with van der Waals surface area (Å²) < 4.78 is 0.0116. The summed E-state index contributed by atoms with van der Waals surface area (Å²) in [7, 11) is 0. The van der Waals surface area contributed by atoms with E-state index in [-0.39, 0.29) is 11.0 Å². The zero-order chi connectivity index (χ0) is 20.7. The lowest BCUT2D eigenvalue weighted by atomic mass is 9.84. The molecule has 0 saturated carbocycles. The Hall–Kier alpha value is -1.39. The summed E-state index contributed by atoms with van der Waals surface area (Å²) in [6.45, 7) is 10.0. The number of aromatic nitrogens is 2. The van der Waals surface area contributed by atoms with E-state index in [1.54, 1.807) is 6.07 Å². The zero-order valence-corrected chi connectivity index (χ0v) is 18.5. The first-order valence-electron chi connectivity index (χ1n) is 7.93. The first-order chi connectivity index (χ1) is 12.3. The van der Waals surface area contributed by atoms with Crippen molar-refractivity contribution in [1.29, 1.82) is 5.26 Å². The van der Waals surface area contributed by atoms with Crippen LogP contribution in [0.2, 0.25) is 0 Å². The molecule has 0 unspecified atom stereocenters. The molecule has 0 aliphatic carbocycles. The highest BCUT2D eigenvalue weighted by Gasteiger charge is 2.27. The Bertz CT molecular complexity index is 1030. The van der Waals surface area contributed by atoms with Gasteiger partial charge in [-0.2, -0.15) is 9.23 Å². The minimum atomic E-state index is -1.94. The molecular weight excluding hydrogens is 429 g/mol. The van der Waals surface area contributed by atoms with E-state index in [2.05, 4.69) is 20.8 Å². The van der Waals surface area contributed by atoms with Gasteiger partial charge in [-0.15, -0.1) is 0 Å². The third-order valence-electron chi connectivity index (χ3n) is 3.97. The molecule has 0 bridgehead atoms. The van der Waals surface area contributed by atoms with Crippen LogP contribution in [0.25, 0.3) is 5.69 Å². The van der Waals surface area contributed by atoms with Crippen molar-refractivity contribution in [2.45, 2.75) is 43.2 Å². The van der Waals surface area contributed by atoms with Gasteiger partial charge in [0.25, 0.3) is 8.68 Å². The largest absolute Gasteiger partial charge is 0.346 e. The van der Waals surface area contributed by atoms with Crippen LogP contribution in [0.3, 0.4) is 0 Å². The van der Waals surface area contributed by atoms with Gasteiger partial charge in [0.15, 0.2) is 0 Å². The van der Waals surface area contributed by atoms with Crippen molar-refractivity contribution < 1.29 is 0 Å². The lowest BCUT2D eigenvalue weighted by Gasteiger charge is -2.23. The van der Waals surface area contributed by atoms with Crippen molar-refractivity contribution in [1.82, 2.24) is 8.54 Å². The molecule has 2 aromatic rings. The zero-order valence-electron chi connectivity index (χ0n) is 15.4. The van der Waals surface area contributed by atoms with E-state index < -0.39 is 14.4 Å². The van der Waals surface area contributed by atoms with Gasteiger partial charge in [-0.1, -0.05) is 67.7 Å². The summed E-state index contributed by atoms with van der Waals surface area (Å²) in [5, 5.41) is 9.31.